The van der Waals surface area contributed by atoms with Gasteiger partial charge in [0.1, 0.15) is 11.5 Å². The molecule has 1 amide bonds. The van der Waals surface area contributed by atoms with E-state index in [0.717, 1.165) is 41.2 Å². The van der Waals surface area contributed by atoms with Crippen LogP contribution >= 0.6 is 0 Å². The maximum atomic E-state index is 14.4. The van der Waals surface area contributed by atoms with Crippen molar-refractivity contribution in [1.29, 1.82) is 0 Å². The molecule has 15 heteroatoms. The van der Waals surface area contributed by atoms with Crippen LogP contribution in [0.2, 0.25) is 0 Å². The molecular weight excluding hydrogens is 486 g/mol. The number of amides is 1. The molecule has 0 aliphatic rings. The first-order valence-electron chi connectivity index (χ1n) is 9.48. The number of carbonyl (C=O) groups is 2. The van der Waals surface area contributed by atoms with Crippen LogP contribution in [0.1, 0.15) is 26.7 Å². The minimum absolute atomic E-state index is 0.0294. The molecule has 0 aliphatic heterocycles. The SMILES string of the molecule is Cn1ncc(NC(=O)c2cc3nc(-c4ccc(F)cc4)cc(C(F)(F)C(F)(F)F)n3n2)c1C(=O)O. The number of nitrogens with zero attached hydrogens (tertiary/aromatic N) is 5. The number of alkyl halides is 5. The van der Waals surface area contributed by atoms with E-state index >= 15 is 0 Å². The highest BCUT2D eigenvalue weighted by atomic mass is 19.4. The molecule has 0 spiro atoms. The van der Waals surface area contributed by atoms with Crippen molar-refractivity contribution in [2.24, 2.45) is 7.05 Å². The van der Waals surface area contributed by atoms with Gasteiger partial charge in [-0.25, -0.2) is 18.7 Å². The number of fused-ring (bicyclic) bond motifs is 1. The van der Waals surface area contributed by atoms with Gasteiger partial charge in [0.15, 0.2) is 17.0 Å². The zero-order chi connectivity index (χ0) is 25.7. The molecule has 3 heterocycles. The molecule has 9 nitrogen and oxygen atoms in total. The number of rotatable bonds is 5. The Bertz CT molecular complexity index is 1460. The van der Waals surface area contributed by atoms with Gasteiger partial charge in [-0.3, -0.25) is 9.48 Å². The number of nitrogens with one attached hydrogen (secondary N) is 1. The highest BCUT2D eigenvalue weighted by Gasteiger charge is 2.60. The minimum Gasteiger partial charge on any atom is -0.476 e. The summed E-state index contributed by atoms with van der Waals surface area (Å²) in [5, 5.41) is 18.6. The van der Waals surface area contributed by atoms with Crippen molar-refractivity contribution in [1.82, 2.24) is 24.4 Å². The van der Waals surface area contributed by atoms with Gasteiger partial charge in [-0.1, -0.05) is 0 Å². The van der Waals surface area contributed by atoms with Crippen molar-refractivity contribution < 1.29 is 41.0 Å². The van der Waals surface area contributed by atoms with E-state index in [1.807, 2.05) is 0 Å². The van der Waals surface area contributed by atoms with Crippen LogP contribution in [0.4, 0.5) is 32.0 Å². The Balaban J connectivity index is 1.85. The Morgan fingerprint density at radius 2 is 1.71 bits per heavy atom. The molecule has 0 saturated heterocycles. The molecule has 0 aliphatic carbocycles. The van der Waals surface area contributed by atoms with Crippen LogP contribution in [0.5, 0.6) is 0 Å². The smallest absolute Gasteiger partial charge is 0.459 e. The number of carboxylic acid groups (broad SMARTS) is 1. The molecule has 0 radical (unpaired) electrons. The number of aromatic nitrogens is 5. The first kappa shape index (κ1) is 23.7. The Kier molecular flexibility index (Phi) is 5.49. The van der Waals surface area contributed by atoms with Crippen molar-refractivity contribution in [2.45, 2.75) is 12.1 Å². The zero-order valence-corrected chi connectivity index (χ0v) is 17.3. The lowest BCUT2D eigenvalue weighted by atomic mass is 10.1. The highest BCUT2D eigenvalue weighted by Crippen LogP contribution is 2.44. The summed E-state index contributed by atoms with van der Waals surface area (Å²) in [4.78, 5) is 27.9. The summed E-state index contributed by atoms with van der Waals surface area (Å²) < 4.78 is 82.8. The van der Waals surface area contributed by atoms with Gasteiger partial charge < -0.3 is 10.4 Å². The van der Waals surface area contributed by atoms with E-state index in [1.165, 1.54) is 7.05 Å². The summed E-state index contributed by atoms with van der Waals surface area (Å²) in [6, 6.07) is 5.46. The molecule has 182 valence electrons. The fourth-order valence-electron chi connectivity index (χ4n) is 3.19. The van der Waals surface area contributed by atoms with Gasteiger partial charge in [-0.2, -0.15) is 32.1 Å². The fourth-order valence-corrected chi connectivity index (χ4v) is 3.19. The van der Waals surface area contributed by atoms with Gasteiger partial charge in [0.25, 0.3) is 5.91 Å². The second kappa shape index (κ2) is 8.11. The first-order chi connectivity index (χ1) is 16.3. The van der Waals surface area contributed by atoms with E-state index in [1.54, 1.807) is 0 Å². The number of aryl methyl sites for hydroxylation is 1. The first-order valence-corrected chi connectivity index (χ1v) is 9.48. The van der Waals surface area contributed by atoms with Gasteiger partial charge in [0, 0.05) is 18.7 Å². The van der Waals surface area contributed by atoms with Gasteiger partial charge in [0.2, 0.25) is 0 Å². The van der Waals surface area contributed by atoms with Crippen molar-refractivity contribution in [3.8, 4) is 11.3 Å². The highest BCUT2D eigenvalue weighted by molar-refractivity contribution is 6.06. The number of carbonyl (C=O) groups excluding carboxylic acids is 1. The molecule has 1 aromatic carbocycles. The summed E-state index contributed by atoms with van der Waals surface area (Å²) in [5.74, 6) is -8.62. The second-order valence-corrected chi connectivity index (χ2v) is 7.19. The van der Waals surface area contributed by atoms with Crippen LogP contribution in [0.25, 0.3) is 16.9 Å². The van der Waals surface area contributed by atoms with E-state index in [2.05, 4.69) is 20.5 Å². The molecule has 4 aromatic rings. The second-order valence-electron chi connectivity index (χ2n) is 7.19. The lowest BCUT2D eigenvalue weighted by Gasteiger charge is -2.21. The van der Waals surface area contributed by atoms with Gasteiger partial charge in [-0.15, -0.1) is 0 Å². The average Bonchev–Trinajstić information content (AvgIpc) is 3.36. The predicted octanol–water partition coefficient (Wildman–Crippen LogP) is 3.87. The number of carboxylic acids is 1. The standard InChI is InChI=1S/C20H12F6N6O3/c1-31-16(18(34)35)13(8-27-31)29-17(33)12-7-15-28-11(9-2-4-10(21)5-3-9)6-14(32(15)30-12)19(22,23)20(24,25)26/h2-8H,1H3,(H,29,33)(H,34,35). The maximum Gasteiger partial charge on any atom is 0.459 e. The number of anilines is 1. The molecular formula is C20H12F6N6O3. The number of halogens is 6. The van der Waals surface area contributed by atoms with Crippen molar-refractivity contribution >= 4 is 23.2 Å². The third kappa shape index (κ3) is 4.15. The quantitative estimate of drug-likeness (QED) is 0.404. The molecule has 0 bridgehead atoms. The van der Waals surface area contributed by atoms with Gasteiger partial charge >= 0.3 is 18.1 Å². The fraction of sp³-hybridized carbons (Fsp3) is 0.150. The van der Waals surface area contributed by atoms with Crippen LogP contribution in [-0.2, 0) is 13.0 Å². The number of hydrogen-bond acceptors (Lipinski definition) is 5. The topological polar surface area (TPSA) is 114 Å². The predicted molar refractivity (Wildman–Crippen MR) is 106 cm³/mol. The molecule has 0 atom stereocenters. The maximum absolute atomic E-state index is 14.4. The molecule has 0 fully saturated rings. The third-order valence-corrected chi connectivity index (χ3v) is 4.87. The van der Waals surface area contributed by atoms with Crippen LogP contribution in [0.3, 0.4) is 0 Å². The lowest BCUT2D eigenvalue weighted by Crippen LogP contribution is -2.36. The molecule has 0 unspecified atom stereocenters. The third-order valence-electron chi connectivity index (χ3n) is 4.87. The molecule has 3 aromatic heterocycles. The lowest BCUT2D eigenvalue weighted by molar-refractivity contribution is -0.291. The normalized spacial score (nSPS) is 12.2. The van der Waals surface area contributed by atoms with E-state index in [9.17, 15) is 41.0 Å². The summed E-state index contributed by atoms with van der Waals surface area (Å²) >= 11 is 0. The average molecular weight is 498 g/mol. The molecule has 35 heavy (non-hydrogen) atoms. The van der Waals surface area contributed by atoms with Crippen LogP contribution in [0, 0.1) is 5.82 Å². The van der Waals surface area contributed by atoms with Crippen LogP contribution < -0.4 is 5.32 Å². The summed E-state index contributed by atoms with van der Waals surface area (Å²) in [6.07, 6.45) is -5.01. The minimum atomic E-state index is -6.01. The van der Waals surface area contributed by atoms with Crippen LogP contribution in [0.15, 0.2) is 42.6 Å². The van der Waals surface area contributed by atoms with Crippen molar-refractivity contribution in [3.63, 3.8) is 0 Å². The Labute approximate surface area is 190 Å². The van der Waals surface area contributed by atoms with Crippen molar-refractivity contribution in [3.05, 3.63) is 65.5 Å². The van der Waals surface area contributed by atoms with E-state index in [-0.39, 0.29) is 21.5 Å². The van der Waals surface area contributed by atoms with E-state index < -0.39 is 52.5 Å². The monoisotopic (exact) mass is 498 g/mol. The number of aromatic carboxylic acids is 1. The number of hydrogen-bond donors (Lipinski definition) is 2. The summed E-state index contributed by atoms with van der Waals surface area (Å²) in [7, 11) is 1.29. The van der Waals surface area contributed by atoms with Gasteiger partial charge in [-0.05, 0) is 30.3 Å². The Morgan fingerprint density at radius 3 is 2.31 bits per heavy atom. The molecule has 4 rings (SSSR count). The van der Waals surface area contributed by atoms with Crippen molar-refractivity contribution in [2.75, 3.05) is 5.32 Å². The van der Waals surface area contributed by atoms with E-state index in [4.69, 9.17) is 0 Å². The molecule has 0 saturated carbocycles. The number of benzene rings is 1. The Morgan fingerprint density at radius 1 is 1.06 bits per heavy atom. The largest absolute Gasteiger partial charge is 0.476 e. The summed E-state index contributed by atoms with van der Waals surface area (Å²) in [6.45, 7) is 0. The van der Waals surface area contributed by atoms with Crippen LogP contribution in [-0.4, -0.2) is 47.5 Å². The van der Waals surface area contributed by atoms with E-state index in [0.29, 0.717) is 6.07 Å². The molecule has 2 N–H and O–H groups in total. The summed E-state index contributed by atoms with van der Waals surface area (Å²) in [5.41, 5.74) is -3.81. The Hall–Kier alpha value is -4.43. The van der Waals surface area contributed by atoms with Gasteiger partial charge in [0.05, 0.1) is 17.6 Å². The zero-order valence-electron chi connectivity index (χ0n) is 17.3.